The summed E-state index contributed by atoms with van der Waals surface area (Å²) < 4.78 is 28.3. The molecule has 0 aromatic heterocycles. The summed E-state index contributed by atoms with van der Waals surface area (Å²) in [4.78, 5) is 2.28. The lowest BCUT2D eigenvalue weighted by molar-refractivity contribution is 0.329. The average Bonchev–Trinajstić information content (AvgIpc) is 2.26. The van der Waals surface area contributed by atoms with Gasteiger partial charge in [0.1, 0.15) is 0 Å². The molecular weight excluding hydrogens is 340 g/mol. The van der Waals surface area contributed by atoms with Crippen LogP contribution in [0.15, 0.2) is 33.6 Å². The molecule has 0 aliphatic rings. The molecule has 4 nitrogen and oxygen atoms in total. The van der Waals surface area contributed by atoms with Gasteiger partial charge in [-0.25, -0.2) is 13.1 Å². The minimum absolute atomic E-state index is 0.0953. The van der Waals surface area contributed by atoms with E-state index in [1.807, 2.05) is 19.0 Å². The summed E-state index contributed by atoms with van der Waals surface area (Å²) in [7, 11) is 0.384. The first-order valence-electron chi connectivity index (χ1n) is 6.64. The molecule has 0 heterocycles. The highest BCUT2D eigenvalue weighted by molar-refractivity contribution is 9.10. The molecule has 1 aromatic rings. The summed E-state index contributed by atoms with van der Waals surface area (Å²) in [6.07, 6.45) is 0.807. The van der Waals surface area contributed by atoms with Gasteiger partial charge in [-0.05, 0) is 54.5 Å². The van der Waals surface area contributed by atoms with Gasteiger partial charge >= 0.3 is 0 Å². The highest BCUT2D eigenvalue weighted by Crippen LogP contribution is 2.21. The molecule has 0 bridgehead atoms. The molecule has 1 aromatic carbocycles. The topological polar surface area (TPSA) is 49.4 Å². The molecule has 0 radical (unpaired) electrons. The second-order valence-electron chi connectivity index (χ2n) is 5.64. The molecule has 1 N–H and O–H groups in total. The Morgan fingerprint density at radius 2 is 1.85 bits per heavy atom. The minimum Gasteiger partial charge on any atom is -0.308 e. The van der Waals surface area contributed by atoms with E-state index in [1.165, 1.54) is 0 Å². The monoisotopic (exact) mass is 362 g/mol. The number of hydrogen-bond acceptors (Lipinski definition) is 3. The van der Waals surface area contributed by atoms with E-state index in [9.17, 15) is 8.42 Å². The molecule has 0 saturated heterocycles. The number of nitrogens with zero attached hydrogens (tertiary/aromatic N) is 1. The summed E-state index contributed by atoms with van der Waals surface area (Å²) in [5, 5.41) is 0. The van der Waals surface area contributed by atoms with Gasteiger partial charge in [0.15, 0.2) is 0 Å². The van der Waals surface area contributed by atoms with Gasteiger partial charge in [0.05, 0.1) is 4.90 Å². The van der Waals surface area contributed by atoms with E-state index in [0.29, 0.717) is 16.9 Å². The van der Waals surface area contributed by atoms with Crippen LogP contribution in [-0.2, 0) is 10.0 Å². The molecule has 6 heteroatoms. The van der Waals surface area contributed by atoms with Crippen molar-refractivity contribution in [3.63, 3.8) is 0 Å². The number of sulfonamides is 1. The predicted octanol–water partition coefficient (Wildman–Crippen LogP) is 2.70. The molecule has 0 amide bonds. The zero-order chi connectivity index (χ0) is 15.3. The minimum atomic E-state index is -3.50. The number of nitrogens with one attached hydrogen (secondary N) is 1. The van der Waals surface area contributed by atoms with Crippen molar-refractivity contribution in [3.8, 4) is 0 Å². The lowest BCUT2D eigenvalue weighted by Crippen LogP contribution is -2.42. The fraction of sp³-hybridized carbons (Fsp3) is 0.571. The van der Waals surface area contributed by atoms with E-state index < -0.39 is 10.0 Å². The standard InChI is InChI=1S/C14H23BrN2O2S/c1-11(2)9-12(10-17(3)4)16-20(18,19)14-8-6-5-7-13(14)15/h5-8,11-12,16H,9-10H2,1-4H3. The number of hydrogen-bond donors (Lipinski definition) is 1. The van der Waals surface area contributed by atoms with Crippen molar-refractivity contribution < 1.29 is 8.42 Å². The lowest BCUT2D eigenvalue weighted by Gasteiger charge is -2.24. The van der Waals surface area contributed by atoms with Gasteiger partial charge in [0.2, 0.25) is 10.0 Å². The highest BCUT2D eigenvalue weighted by atomic mass is 79.9. The fourth-order valence-electron chi connectivity index (χ4n) is 2.12. The van der Waals surface area contributed by atoms with Crippen LogP contribution in [0.1, 0.15) is 20.3 Å². The van der Waals surface area contributed by atoms with Crippen molar-refractivity contribution in [2.45, 2.75) is 31.2 Å². The maximum atomic E-state index is 12.5. The van der Waals surface area contributed by atoms with E-state index in [1.54, 1.807) is 24.3 Å². The molecule has 1 unspecified atom stereocenters. The highest BCUT2D eigenvalue weighted by Gasteiger charge is 2.23. The van der Waals surface area contributed by atoms with Crippen molar-refractivity contribution in [1.82, 2.24) is 9.62 Å². The molecule has 0 spiro atoms. The van der Waals surface area contributed by atoms with Crippen LogP contribution in [0.5, 0.6) is 0 Å². The van der Waals surface area contributed by atoms with Gasteiger partial charge < -0.3 is 4.90 Å². The van der Waals surface area contributed by atoms with E-state index >= 15 is 0 Å². The maximum Gasteiger partial charge on any atom is 0.241 e. The van der Waals surface area contributed by atoms with Gasteiger partial charge in [-0.15, -0.1) is 0 Å². The first kappa shape index (κ1) is 17.6. The third-order valence-electron chi connectivity index (χ3n) is 2.79. The Kier molecular flexibility index (Phi) is 6.64. The third-order valence-corrected chi connectivity index (χ3v) is 5.32. The number of rotatable bonds is 7. The number of halogens is 1. The number of benzene rings is 1. The molecule has 114 valence electrons. The van der Waals surface area contributed by atoms with Crippen LogP contribution in [0.3, 0.4) is 0 Å². The molecule has 0 aliphatic carbocycles. The SMILES string of the molecule is CC(C)CC(CN(C)C)NS(=O)(=O)c1ccccc1Br. The van der Waals surface area contributed by atoms with Gasteiger partial charge in [0.25, 0.3) is 0 Å². The first-order chi connectivity index (χ1) is 9.22. The molecule has 20 heavy (non-hydrogen) atoms. The Bertz CT molecular complexity index is 520. The van der Waals surface area contributed by atoms with Gasteiger partial charge in [0, 0.05) is 17.1 Å². The molecule has 0 aliphatic heterocycles. The molecule has 1 atom stereocenters. The average molecular weight is 363 g/mol. The van der Waals surface area contributed by atoms with Crippen LogP contribution in [-0.4, -0.2) is 40.0 Å². The van der Waals surface area contributed by atoms with Crippen LogP contribution >= 0.6 is 15.9 Å². The van der Waals surface area contributed by atoms with Gasteiger partial charge in [-0.1, -0.05) is 26.0 Å². The van der Waals surface area contributed by atoms with Crippen molar-refractivity contribution in [3.05, 3.63) is 28.7 Å². The predicted molar refractivity (Wildman–Crippen MR) is 86.3 cm³/mol. The van der Waals surface area contributed by atoms with Crippen LogP contribution in [0.2, 0.25) is 0 Å². The van der Waals surface area contributed by atoms with Gasteiger partial charge in [-0.3, -0.25) is 0 Å². The van der Waals surface area contributed by atoms with Crippen LogP contribution in [0.25, 0.3) is 0 Å². The lowest BCUT2D eigenvalue weighted by atomic mass is 10.0. The van der Waals surface area contributed by atoms with Crippen molar-refractivity contribution in [2.24, 2.45) is 5.92 Å². The smallest absolute Gasteiger partial charge is 0.241 e. The summed E-state index contributed by atoms with van der Waals surface area (Å²) in [6.45, 7) is 4.87. The summed E-state index contributed by atoms with van der Waals surface area (Å²) >= 11 is 3.29. The first-order valence-corrected chi connectivity index (χ1v) is 8.91. The Morgan fingerprint density at radius 3 is 2.35 bits per heavy atom. The summed E-state index contributed by atoms with van der Waals surface area (Å²) in [5.74, 6) is 0.432. The second-order valence-corrected chi connectivity index (χ2v) is 8.18. The Balaban J connectivity index is 2.94. The van der Waals surface area contributed by atoms with Crippen LogP contribution < -0.4 is 4.72 Å². The maximum absolute atomic E-state index is 12.5. The molecule has 0 saturated carbocycles. The summed E-state index contributed by atoms with van der Waals surface area (Å²) in [6, 6.07) is 6.77. The zero-order valence-corrected chi connectivity index (χ0v) is 14.8. The van der Waals surface area contributed by atoms with E-state index in [4.69, 9.17) is 0 Å². The van der Waals surface area contributed by atoms with Crippen molar-refractivity contribution >= 4 is 26.0 Å². The van der Waals surface area contributed by atoms with E-state index in [0.717, 1.165) is 6.42 Å². The van der Waals surface area contributed by atoms with Crippen molar-refractivity contribution in [1.29, 1.82) is 0 Å². The zero-order valence-electron chi connectivity index (χ0n) is 12.4. The quantitative estimate of drug-likeness (QED) is 0.810. The number of likely N-dealkylation sites (N-methyl/N-ethyl adjacent to an activating group) is 1. The van der Waals surface area contributed by atoms with E-state index in [2.05, 4.69) is 34.5 Å². The third kappa shape index (κ3) is 5.52. The van der Waals surface area contributed by atoms with Crippen molar-refractivity contribution in [2.75, 3.05) is 20.6 Å². The van der Waals surface area contributed by atoms with E-state index in [-0.39, 0.29) is 10.9 Å². The second kappa shape index (κ2) is 7.54. The molecule has 0 fully saturated rings. The Morgan fingerprint density at radius 1 is 1.25 bits per heavy atom. The molecular formula is C14H23BrN2O2S. The largest absolute Gasteiger partial charge is 0.308 e. The normalized spacial score (nSPS) is 13.9. The van der Waals surface area contributed by atoms with Crippen LogP contribution in [0.4, 0.5) is 0 Å². The molecule has 1 rings (SSSR count). The Hall–Kier alpha value is -0.430. The Labute approximate surface area is 130 Å². The fourth-order valence-corrected chi connectivity index (χ4v) is 4.36. The van der Waals surface area contributed by atoms with Crippen LogP contribution in [0, 0.1) is 5.92 Å². The van der Waals surface area contributed by atoms with Gasteiger partial charge in [-0.2, -0.15) is 0 Å². The summed E-state index contributed by atoms with van der Waals surface area (Å²) in [5.41, 5.74) is 0.